The lowest BCUT2D eigenvalue weighted by Crippen LogP contribution is -2.46. The summed E-state index contributed by atoms with van der Waals surface area (Å²) in [6.45, 7) is 4.59. The summed E-state index contributed by atoms with van der Waals surface area (Å²) in [5.74, 6) is 0.626. The van der Waals surface area contributed by atoms with Crippen LogP contribution in [0.1, 0.15) is 31.8 Å². The van der Waals surface area contributed by atoms with E-state index in [1.165, 1.54) is 0 Å². The molecule has 0 spiro atoms. The molecule has 1 aliphatic heterocycles. The fraction of sp³-hybridized carbons (Fsp3) is 0.182. The smallest absolute Gasteiger partial charge is 0.343 e. The number of piperazine rings is 1. The van der Waals surface area contributed by atoms with Crippen molar-refractivity contribution in [2.75, 3.05) is 38.2 Å². The highest BCUT2D eigenvalue weighted by atomic mass is 16.5. The van der Waals surface area contributed by atoms with Gasteiger partial charge in [0, 0.05) is 38.3 Å². The van der Waals surface area contributed by atoms with Crippen LogP contribution in [0.3, 0.4) is 0 Å². The van der Waals surface area contributed by atoms with E-state index >= 15 is 0 Å². The van der Waals surface area contributed by atoms with Gasteiger partial charge in [0.05, 0.1) is 24.6 Å². The van der Waals surface area contributed by atoms with Crippen molar-refractivity contribution in [2.45, 2.75) is 6.54 Å². The Hall–Kier alpha value is -4.95. The highest BCUT2D eigenvalue weighted by Crippen LogP contribution is 2.28. The molecule has 0 aliphatic carbocycles. The van der Waals surface area contributed by atoms with Crippen LogP contribution < -0.4 is 19.8 Å². The number of esters is 1. The first-order chi connectivity index (χ1) is 20.1. The maximum Gasteiger partial charge on any atom is 0.343 e. The Kier molecular flexibility index (Phi) is 9.03. The Bertz CT molecular complexity index is 1480. The van der Waals surface area contributed by atoms with Crippen LogP contribution in [0, 0.1) is 0 Å². The van der Waals surface area contributed by atoms with Gasteiger partial charge in [-0.3, -0.25) is 9.69 Å². The molecule has 208 valence electrons. The summed E-state index contributed by atoms with van der Waals surface area (Å²) in [6.07, 6.45) is 1.54. The number of anilines is 1. The van der Waals surface area contributed by atoms with Gasteiger partial charge in [-0.25, -0.2) is 10.2 Å². The molecule has 4 aromatic rings. The zero-order valence-corrected chi connectivity index (χ0v) is 22.9. The van der Waals surface area contributed by atoms with Crippen molar-refractivity contribution in [3.05, 3.63) is 125 Å². The third-order valence-electron chi connectivity index (χ3n) is 6.90. The van der Waals surface area contributed by atoms with Gasteiger partial charge in [-0.1, -0.05) is 42.5 Å². The molecule has 1 fully saturated rings. The molecule has 1 amide bonds. The van der Waals surface area contributed by atoms with E-state index in [2.05, 4.69) is 26.4 Å². The summed E-state index contributed by atoms with van der Waals surface area (Å²) in [4.78, 5) is 29.5. The number of hydrogen-bond donors (Lipinski definition) is 1. The van der Waals surface area contributed by atoms with Crippen LogP contribution in [0.5, 0.6) is 11.5 Å². The van der Waals surface area contributed by atoms with Crippen LogP contribution in [0.2, 0.25) is 0 Å². The SMILES string of the molecule is COc1ccccc1N1CCN(Cc2ccc(C(=O)N/N=C\c3ccc(OC(=O)c4ccccc4)cc3)cc2)CC1. The average Bonchev–Trinajstić information content (AvgIpc) is 3.03. The van der Waals surface area contributed by atoms with Crippen LogP contribution in [-0.2, 0) is 6.54 Å². The topological polar surface area (TPSA) is 83.5 Å². The summed E-state index contributed by atoms with van der Waals surface area (Å²) in [5.41, 5.74) is 6.63. The van der Waals surface area contributed by atoms with E-state index in [9.17, 15) is 9.59 Å². The van der Waals surface area contributed by atoms with Gasteiger partial charge in [0.25, 0.3) is 5.91 Å². The second-order valence-electron chi connectivity index (χ2n) is 9.66. The highest BCUT2D eigenvalue weighted by Gasteiger charge is 2.19. The fourth-order valence-corrected chi connectivity index (χ4v) is 4.65. The zero-order chi connectivity index (χ0) is 28.4. The first-order valence-electron chi connectivity index (χ1n) is 13.5. The van der Waals surface area contributed by atoms with Gasteiger partial charge in [-0.2, -0.15) is 5.10 Å². The van der Waals surface area contributed by atoms with Crippen molar-refractivity contribution in [2.24, 2.45) is 5.10 Å². The van der Waals surface area contributed by atoms with Crippen molar-refractivity contribution >= 4 is 23.8 Å². The summed E-state index contributed by atoms with van der Waals surface area (Å²) in [6, 6.07) is 31.4. The van der Waals surface area contributed by atoms with Gasteiger partial charge in [0.1, 0.15) is 11.5 Å². The third-order valence-corrected chi connectivity index (χ3v) is 6.90. The number of nitrogens with zero attached hydrogens (tertiary/aromatic N) is 3. The van der Waals surface area contributed by atoms with Gasteiger partial charge < -0.3 is 14.4 Å². The lowest BCUT2D eigenvalue weighted by atomic mass is 10.1. The number of methoxy groups -OCH3 is 1. The molecule has 1 heterocycles. The predicted octanol–water partition coefficient (Wildman–Crippen LogP) is 5.00. The monoisotopic (exact) mass is 548 g/mol. The minimum Gasteiger partial charge on any atom is -0.495 e. The lowest BCUT2D eigenvalue weighted by Gasteiger charge is -2.36. The molecule has 0 unspecified atom stereocenters. The number of hydrogen-bond acceptors (Lipinski definition) is 7. The molecule has 5 rings (SSSR count). The lowest BCUT2D eigenvalue weighted by molar-refractivity contribution is 0.0734. The largest absolute Gasteiger partial charge is 0.495 e. The molecular formula is C33H32N4O4. The molecule has 1 N–H and O–H groups in total. The standard InChI is InChI=1S/C33H32N4O4/c1-40-31-10-6-5-9-30(31)37-21-19-36(20-22-37)24-26-11-15-27(16-12-26)32(38)35-34-23-25-13-17-29(18-14-25)41-33(39)28-7-3-2-4-8-28/h2-18,23H,19-22,24H2,1H3,(H,35,38)/b34-23-. The molecule has 0 saturated carbocycles. The predicted molar refractivity (Wildman–Crippen MR) is 160 cm³/mol. The number of rotatable bonds is 9. The molecule has 0 bridgehead atoms. The van der Waals surface area contributed by atoms with Crippen LogP contribution in [-0.4, -0.2) is 56.3 Å². The maximum atomic E-state index is 12.6. The van der Waals surface area contributed by atoms with Gasteiger partial charge in [0.15, 0.2) is 0 Å². The van der Waals surface area contributed by atoms with Crippen molar-refractivity contribution in [3.8, 4) is 11.5 Å². The normalized spacial score (nSPS) is 13.6. The number of carbonyl (C=O) groups excluding carboxylic acids is 2. The van der Waals surface area contributed by atoms with E-state index in [-0.39, 0.29) is 5.91 Å². The van der Waals surface area contributed by atoms with E-state index in [1.54, 1.807) is 61.9 Å². The van der Waals surface area contributed by atoms with Gasteiger partial charge in [-0.15, -0.1) is 0 Å². The van der Waals surface area contributed by atoms with Crippen LogP contribution >= 0.6 is 0 Å². The number of hydrazone groups is 1. The second kappa shape index (κ2) is 13.4. The van der Waals surface area contributed by atoms with Gasteiger partial charge in [0.2, 0.25) is 0 Å². The van der Waals surface area contributed by atoms with Crippen LogP contribution in [0.25, 0.3) is 0 Å². The van der Waals surface area contributed by atoms with Crippen molar-refractivity contribution in [1.82, 2.24) is 10.3 Å². The maximum absolute atomic E-state index is 12.6. The zero-order valence-electron chi connectivity index (χ0n) is 22.9. The molecule has 0 aromatic heterocycles. The Morgan fingerprint density at radius 2 is 1.49 bits per heavy atom. The Morgan fingerprint density at radius 1 is 0.805 bits per heavy atom. The summed E-state index contributed by atoms with van der Waals surface area (Å²) in [5, 5.41) is 4.06. The molecule has 0 radical (unpaired) electrons. The van der Waals surface area contributed by atoms with Gasteiger partial charge >= 0.3 is 5.97 Å². The fourth-order valence-electron chi connectivity index (χ4n) is 4.65. The summed E-state index contributed by atoms with van der Waals surface area (Å²) >= 11 is 0. The van der Waals surface area contributed by atoms with E-state index in [1.807, 2.05) is 48.5 Å². The minimum absolute atomic E-state index is 0.286. The van der Waals surface area contributed by atoms with Crippen LogP contribution in [0.15, 0.2) is 108 Å². The molecule has 0 atom stereocenters. The summed E-state index contributed by atoms with van der Waals surface area (Å²) in [7, 11) is 1.71. The molecule has 4 aromatic carbocycles. The van der Waals surface area contributed by atoms with E-state index in [0.29, 0.717) is 16.9 Å². The molecular weight excluding hydrogens is 516 g/mol. The van der Waals surface area contributed by atoms with Crippen molar-refractivity contribution in [1.29, 1.82) is 0 Å². The summed E-state index contributed by atoms with van der Waals surface area (Å²) < 4.78 is 10.9. The number of nitrogens with one attached hydrogen (secondary N) is 1. The third kappa shape index (κ3) is 7.38. The number of carbonyl (C=O) groups is 2. The second-order valence-corrected chi connectivity index (χ2v) is 9.66. The number of ether oxygens (including phenoxy) is 2. The molecule has 1 saturated heterocycles. The Morgan fingerprint density at radius 3 is 2.20 bits per heavy atom. The van der Waals surface area contributed by atoms with E-state index in [4.69, 9.17) is 9.47 Å². The first-order valence-corrected chi connectivity index (χ1v) is 13.5. The Balaban J connectivity index is 1.07. The first kappa shape index (κ1) is 27.6. The average molecular weight is 549 g/mol. The highest BCUT2D eigenvalue weighted by molar-refractivity contribution is 5.95. The molecule has 1 aliphatic rings. The number of benzene rings is 4. The van der Waals surface area contributed by atoms with Gasteiger partial charge in [-0.05, 0) is 71.8 Å². The van der Waals surface area contributed by atoms with Crippen molar-refractivity contribution in [3.63, 3.8) is 0 Å². The minimum atomic E-state index is -0.419. The molecule has 8 nitrogen and oxygen atoms in total. The molecule has 8 heteroatoms. The molecule has 41 heavy (non-hydrogen) atoms. The Labute approximate surface area is 239 Å². The van der Waals surface area contributed by atoms with E-state index in [0.717, 1.165) is 55.3 Å². The number of para-hydroxylation sites is 2. The van der Waals surface area contributed by atoms with Crippen molar-refractivity contribution < 1.29 is 19.1 Å². The number of amides is 1. The van der Waals surface area contributed by atoms with E-state index < -0.39 is 5.97 Å². The quantitative estimate of drug-likeness (QED) is 0.137. The van der Waals surface area contributed by atoms with Crippen LogP contribution in [0.4, 0.5) is 5.69 Å².